The summed E-state index contributed by atoms with van der Waals surface area (Å²) in [4.78, 5) is 8.88. The molecule has 4 rings (SSSR count). The second kappa shape index (κ2) is 6.33. The van der Waals surface area contributed by atoms with Crippen LogP contribution in [0.2, 0.25) is 0 Å². The van der Waals surface area contributed by atoms with Crippen molar-refractivity contribution in [3.05, 3.63) is 36.4 Å². The number of anilines is 4. The quantitative estimate of drug-likeness (QED) is 0.474. The van der Waals surface area contributed by atoms with Crippen molar-refractivity contribution in [2.75, 3.05) is 76.0 Å². The summed E-state index contributed by atoms with van der Waals surface area (Å²) < 4.78 is 0. The van der Waals surface area contributed by atoms with Crippen molar-refractivity contribution in [1.29, 1.82) is 0 Å². The zero-order valence-corrected chi connectivity index (χ0v) is 18.3. The van der Waals surface area contributed by atoms with E-state index in [0.29, 0.717) is 0 Å². The van der Waals surface area contributed by atoms with Gasteiger partial charge in [-0.1, -0.05) is 24.3 Å². The smallest absolute Gasteiger partial charge is 0.0462 e. The Hall–Kier alpha value is -2.88. The molecule has 0 aliphatic heterocycles. The third-order valence-corrected chi connectivity index (χ3v) is 5.74. The monoisotopic (exact) mass is 374 g/mol. The first-order chi connectivity index (χ1) is 13.2. The predicted molar refractivity (Wildman–Crippen MR) is 127 cm³/mol. The minimum absolute atomic E-state index is 1.26. The molecular formula is C24H30N4. The molecule has 0 saturated heterocycles. The van der Waals surface area contributed by atoms with E-state index in [2.05, 4.69) is 112 Å². The van der Waals surface area contributed by atoms with E-state index >= 15 is 0 Å². The van der Waals surface area contributed by atoms with Crippen LogP contribution in [0.4, 0.5) is 22.7 Å². The van der Waals surface area contributed by atoms with Crippen LogP contribution in [0.1, 0.15) is 0 Å². The van der Waals surface area contributed by atoms with Crippen molar-refractivity contribution in [2.45, 2.75) is 0 Å². The van der Waals surface area contributed by atoms with Crippen molar-refractivity contribution in [3.63, 3.8) is 0 Å². The maximum atomic E-state index is 2.31. The van der Waals surface area contributed by atoms with E-state index in [9.17, 15) is 0 Å². The van der Waals surface area contributed by atoms with Gasteiger partial charge in [-0.3, -0.25) is 0 Å². The van der Waals surface area contributed by atoms with Gasteiger partial charge in [0.15, 0.2) is 0 Å². The lowest BCUT2D eigenvalue weighted by atomic mass is 9.90. The predicted octanol–water partition coefficient (Wildman–Crippen LogP) is 4.85. The van der Waals surface area contributed by atoms with Gasteiger partial charge in [0.1, 0.15) is 0 Å². The van der Waals surface area contributed by atoms with E-state index in [4.69, 9.17) is 0 Å². The topological polar surface area (TPSA) is 13.0 Å². The summed E-state index contributed by atoms with van der Waals surface area (Å²) in [5, 5.41) is 7.95. The van der Waals surface area contributed by atoms with Gasteiger partial charge in [0, 0.05) is 111 Å². The molecule has 0 aromatic heterocycles. The van der Waals surface area contributed by atoms with Crippen LogP contribution < -0.4 is 19.6 Å². The molecule has 0 atom stereocenters. The number of hydrogen-bond donors (Lipinski definition) is 0. The lowest BCUT2D eigenvalue weighted by Gasteiger charge is -2.27. The first-order valence-corrected chi connectivity index (χ1v) is 9.70. The molecule has 0 bridgehead atoms. The number of nitrogens with zero attached hydrogens (tertiary/aromatic N) is 4. The largest absolute Gasteiger partial charge is 0.377 e. The summed E-state index contributed by atoms with van der Waals surface area (Å²) >= 11 is 0. The van der Waals surface area contributed by atoms with Crippen LogP contribution in [-0.4, -0.2) is 56.4 Å². The second-order valence-electron chi connectivity index (χ2n) is 8.48. The Kier molecular flexibility index (Phi) is 4.18. The van der Waals surface area contributed by atoms with E-state index < -0.39 is 0 Å². The lowest BCUT2D eigenvalue weighted by molar-refractivity contribution is 1.11. The molecule has 4 aromatic rings. The number of hydrogen-bond acceptors (Lipinski definition) is 4. The second-order valence-corrected chi connectivity index (χ2v) is 8.48. The SMILES string of the molecule is CN(C)c1cc(N(C)C)c2ccc3c(N(C)C)cc(N(C)C)c4ccc1c2c43. The van der Waals surface area contributed by atoms with Gasteiger partial charge >= 0.3 is 0 Å². The molecular weight excluding hydrogens is 344 g/mol. The third kappa shape index (κ3) is 2.51. The molecule has 0 saturated carbocycles. The fourth-order valence-electron chi connectivity index (χ4n) is 4.40. The van der Waals surface area contributed by atoms with E-state index in [1.807, 2.05) is 0 Å². The molecule has 0 N–H and O–H groups in total. The average molecular weight is 375 g/mol. The Bertz CT molecular complexity index is 994. The van der Waals surface area contributed by atoms with Crippen molar-refractivity contribution in [3.8, 4) is 0 Å². The van der Waals surface area contributed by atoms with Gasteiger partial charge in [0.05, 0.1) is 0 Å². The zero-order valence-electron chi connectivity index (χ0n) is 18.3. The van der Waals surface area contributed by atoms with E-state index in [0.717, 1.165) is 0 Å². The highest BCUT2D eigenvalue weighted by molar-refractivity contribution is 6.31. The van der Waals surface area contributed by atoms with Crippen LogP contribution in [0, 0.1) is 0 Å². The molecule has 4 nitrogen and oxygen atoms in total. The summed E-state index contributed by atoms with van der Waals surface area (Å²) in [6.07, 6.45) is 0. The third-order valence-electron chi connectivity index (χ3n) is 5.74. The molecule has 0 fully saturated rings. The first-order valence-electron chi connectivity index (χ1n) is 9.70. The minimum Gasteiger partial charge on any atom is -0.377 e. The van der Waals surface area contributed by atoms with E-state index in [1.165, 1.54) is 55.1 Å². The molecule has 28 heavy (non-hydrogen) atoms. The van der Waals surface area contributed by atoms with Gasteiger partial charge in [-0.15, -0.1) is 0 Å². The zero-order chi connectivity index (χ0) is 20.3. The van der Waals surface area contributed by atoms with Crippen LogP contribution in [-0.2, 0) is 0 Å². The lowest BCUT2D eigenvalue weighted by Crippen LogP contribution is -2.15. The van der Waals surface area contributed by atoms with Gasteiger partial charge in [-0.25, -0.2) is 0 Å². The summed E-state index contributed by atoms with van der Waals surface area (Å²) in [7, 11) is 17.0. The molecule has 0 aliphatic rings. The maximum Gasteiger partial charge on any atom is 0.0462 e. The van der Waals surface area contributed by atoms with Crippen LogP contribution in [0.15, 0.2) is 36.4 Å². The van der Waals surface area contributed by atoms with Gasteiger partial charge in [-0.2, -0.15) is 0 Å². The number of rotatable bonds is 4. The Balaban J connectivity index is 2.33. The van der Waals surface area contributed by atoms with Crippen LogP contribution in [0.5, 0.6) is 0 Å². The van der Waals surface area contributed by atoms with Crippen LogP contribution in [0.25, 0.3) is 32.3 Å². The Morgan fingerprint density at radius 1 is 0.393 bits per heavy atom. The highest BCUT2D eigenvalue weighted by atomic mass is 15.1. The van der Waals surface area contributed by atoms with E-state index in [1.54, 1.807) is 0 Å². The van der Waals surface area contributed by atoms with Crippen LogP contribution in [0.3, 0.4) is 0 Å². The summed E-state index contributed by atoms with van der Waals surface area (Å²) in [5.41, 5.74) is 5.03. The molecule has 146 valence electrons. The maximum absolute atomic E-state index is 2.31. The normalized spacial score (nSPS) is 11.6. The van der Waals surface area contributed by atoms with E-state index in [-0.39, 0.29) is 0 Å². The van der Waals surface area contributed by atoms with Crippen molar-refractivity contribution < 1.29 is 0 Å². The standard InChI is InChI=1S/C24H30N4/c1-25(2)19-13-20(26(3)4)16-11-12-18-22(28(7)8)14-21(27(5)6)17-10-9-15(19)23(16)24(17)18/h9-14H,1-8H3. The molecule has 0 radical (unpaired) electrons. The molecule has 4 aromatic carbocycles. The van der Waals surface area contributed by atoms with Crippen molar-refractivity contribution in [1.82, 2.24) is 0 Å². The van der Waals surface area contributed by atoms with Gasteiger partial charge in [0.25, 0.3) is 0 Å². The average Bonchev–Trinajstić information content (AvgIpc) is 2.64. The summed E-state index contributed by atoms with van der Waals surface area (Å²) in [5.74, 6) is 0. The van der Waals surface area contributed by atoms with Gasteiger partial charge < -0.3 is 19.6 Å². The Morgan fingerprint density at radius 2 is 0.607 bits per heavy atom. The fraction of sp³-hybridized carbons (Fsp3) is 0.333. The highest BCUT2D eigenvalue weighted by Crippen LogP contribution is 2.47. The Morgan fingerprint density at radius 3 is 0.786 bits per heavy atom. The molecule has 0 aliphatic carbocycles. The Labute approximate surface area is 167 Å². The first kappa shape index (κ1) is 18.5. The molecule has 0 unspecified atom stereocenters. The fourth-order valence-corrected chi connectivity index (χ4v) is 4.40. The summed E-state index contributed by atoms with van der Waals surface area (Å²) in [6.45, 7) is 0. The van der Waals surface area contributed by atoms with Gasteiger partial charge in [-0.05, 0) is 12.1 Å². The van der Waals surface area contributed by atoms with Crippen molar-refractivity contribution >= 4 is 55.1 Å². The van der Waals surface area contributed by atoms with Gasteiger partial charge in [0.2, 0.25) is 0 Å². The molecule has 0 spiro atoms. The number of benzene rings is 4. The van der Waals surface area contributed by atoms with Crippen LogP contribution >= 0.6 is 0 Å². The summed E-state index contributed by atoms with van der Waals surface area (Å²) in [6, 6.07) is 13.8. The molecule has 0 amide bonds. The highest BCUT2D eigenvalue weighted by Gasteiger charge is 2.20. The van der Waals surface area contributed by atoms with Crippen molar-refractivity contribution in [2.24, 2.45) is 0 Å². The minimum atomic E-state index is 1.26. The molecule has 4 heteroatoms. The molecule has 0 heterocycles.